The second kappa shape index (κ2) is 35.3. The number of thiophene rings is 1. The van der Waals surface area contributed by atoms with Crippen LogP contribution in [-0.4, -0.2) is 98.5 Å². The quantitative estimate of drug-likeness (QED) is 0.0514. The summed E-state index contributed by atoms with van der Waals surface area (Å²) >= 11 is 13.9. The van der Waals surface area contributed by atoms with E-state index in [1.165, 1.54) is 137 Å². The molecule has 5 aliphatic heterocycles. The number of fused-ring (bicyclic) bond motifs is 15. The lowest BCUT2D eigenvalue weighted by atomic mass is 9.90. The van der Waals surface area contributed by atoms with Gasteiger partial charge in [-0.15, -0.1) is 11.3 Å². The lowest BCUT2D eigenvalue weighted by molar-refractivity contribution is -0.139. The van der Waals surface area contributed by atoms with E-state index in [9.17, 15) is 9.90 Å². The molecule has 16 aromatic rings. The summed E-state index contributed by atoms with van der Waals surface area (Å²) < 4.78 is 21.9. The van der Waals surface area contributed by atoms with Crippen molar-refractivity contribution >= 4 is 101 Å². The van der Waals surface area contributed by atoms with Crippen molar-refractivity contribution in [3.63, 3.8) is 0 Å². The first-order valence-electron chi connectivity index (χ1n) is 41.1. The molecule has 7 aromatic heterocycles. The summed E-state index contributed by atoms with van der Waals surface area (Å²) in [5.41, 5.74) is 24.6. The topological polar surface area (TPSA) is 220 Å². The third-order valence-electron chi connectivity index (χ3n) is 24.1. The third kappa shape index (κ3) is 16.3. The minimum atomic E-state index is -0.808. The van der Waals surface area contributed by atoms with Gasteiger partial charge in [-0.3, -0.25) is 10.1 Å². The monoisotopic (exact) mass is 1620 g/mol. The number of halogens is 1. The van der Waals surface area contributed by atoms with E-state index < -0.39 is 12.0 Å². The van der Waals surface area contributed by atoms with Gasteiger partial charge in [0, 0.05) is 137 Å². The minimum Gasteiger partial charge on any atom is -0.497 e. The van der Waals surface area contributed by atoms with Crippen molar-refractivity contribution in [3.05, 3.63) is 348 Å². The predicted octanol–water partition coefficient (Wildman–Crippen LogP) is 20.3. The van der Waals surface area contributed by atoms with E-state index in [1.54, 1.807) is 31.8 Å². The molecule has 12 heterocycles. The van der Waals surface area contributed by atoms with Gasteiger partial charge < -0.3 is 74.8 Å². The normalized spacial score (nSPS) is 18.6. The number of carboxylic acids is 1. The zero-order valence-electron chi connectivity index (χ0n) is 66.0. The third-order valence-corrected chi connectivity index (χ3v) is 25.6. The largest absolute Gasteiger partial charge is 0.497 e. The maximum atomic E-state index is 11.5. The van der Waals surface area contributed by atoms with Crippen molar-refractivity contribution in [1.82, 2.24) is 56.4 Å². The first-order valence-corrected chi connectivity index (χ1v) is 42.8. The highest BCUT2D eigenvalue weighted by Crippen LogP contribution is 2.43. The van der Waals surface area contributed by atoms with Crippen LogP contribution in [0.25, 0.3) is 54.5 Å². The van der Waals surface area contributed by atoms with E-state index in [4.69, 9.17) is 42.4 Å². The van der Waals surface area contributed by atoms with Gasteiger partial charge in [-0.1, -0.05) is 176 Å². The minimum absolute atomic E-state index is 0.0793. The first-order chi connectivity index (χ1) is 58.1. The molecule has 17 nitrogen and oxygen atoms in total. The number of aliphatic carboxylic acids is 1. The Hall–Kier alpha value is -11.7. The van der Waals surface area contributed by atoms with E-state index in [0.717, 1.165) is 118 Å². The van der Waals surface area contributed by atoms with Crippen LogP contribution >= 0.6 is 35.2 Å². The van der Waals surface area contributed by atoms with Crippen LogP contribution < -0.4 is 40.8 Å². The Morgan fingerprint density at radius 2 is 1.00 bits per heavy atom. The Balaban J connectivity index is 0.000000102. The van der Waals surface area contributed by atoms with Gasteiger partial charge >= 0.3 is 5.97 Å². The van der Waals surface area contributed by atoms with Gasteiger partial charge in [-0.25, -0.2) is 0 Å². The zero-order valence-corrected chi connectivity index (χ0v) is 68.4. The van der Waals surface area contributed by atoms with Crippen LogP contribution in [0.2, 0.25) is 5.02 Å². The summed E-state index contributed by atoms with van der Waals surface area (Å²) in [7, 11) is 3.41. The number of furan rings is 1. The Morgan fingerprint density at radius 1 is 0.500 bits per heavy atom. The van der Waals surface area contributed by atoms with Crippen molar-refractivity contribution in [3.8, 4) is 17.2 Å². The number of para-hydroxylation sites is 3. The average Bonchev–Trinajstić information content (AvgIpc) is 1.60. The summed E-state index contributed by atoms with van der Waals surface area (Å²) in [6, 6.07) is 81.5. The molecule has 0 saturated heterocycles. The van der Waals surface area contributed by atoms with Crippen molar-refractivity contribution < 1.29 is 28.5 Å². The van der Waals surface area contributed by atoms with Crippen molar-refractivity contribution in [2.45, 2.75) is 113 Å². The van der Waals surface area contributed by atoms with E-state index in [0.29, 0.717) is 19.1 Å². The van der Waals surface area contributed by atoms with Gasteiger partial charge in [-0.05, 0) is 197 Å². The van der Waals surface area contributed by atoms with Crippen LogP contribution in [0.5, 0.6) is 17.2 Å². The molecule has 1 fully saturated rings. The SMILES string of the molecule is COc1ccc(C2NCCc3c2[nH]c2ccccc32)cc1.COc1ccc(C2c3[nH]c4ccccc4c3CCN2C(=S)NC2CCCCC2)cc1.Clc1ccc2[nH]c3c(c2c1)CCNC3c1cccs1.O=C(O)C1Cc2c([nH]c3ccccc23)C(c2ccccc2)N1.c1ccc(COc2ccc3[nH]c4c(c3c2)CCNC4c2ccoc2)cc1. The number of ether oxygens (including phenoxy) is 3. The molecular formula is C98H96ClN11O6S2. The van der Waals surface area contributed by atoms with Crippen LogP contribution in [0, 0.1) is 0 Å². The van der Waals surface area contributed by atoms with E-state index in [2.05, 4.69) is 189 Å². The number of aromatic nitrogens is 5. The standard InChI is InChI=1S/C25H29N3OS.C22H20N2O2.C18H16N2O2.C18H18N2O.C15H13ClN2S/c1-29-19-13-11-17(12-14-19)24-23-21(20-9-5-6-10-22(20)27-23)15-16-28(24)25(30)26-18-7-3-2-4-8-18;1-2-4-15(5-3-1)13-26-17-6-7-20-19(12-17)18-8-10-23-21(22(18)24-20)16-9-11-25-14-16;21-18(22)15-10-13-12-8-4-5-9-14(12)19-17(13)16(20-15)11-6-2-1-3-7-11;1-21-13-8-6-12(7-9-13)17-18-15(10-11-19-17)14-4-2-3-5-16(14)20-18;16-9-3-4-12-11(8-9)10-5-6-17-15(14(10)18-12)13-2-1-7-19-13/h5-6,9-14,18,24,27H,2-4,7-8,15-16H2,1H3,(H,26,30);1-7,9,11-12,14,21,23-24H,8,10,13H2;1-9,15-16,19-20H,10H2,(H,21,22);2-9,17,19-20H,10-11H2,1H3;1-4,7-8,15,17-18H,5-6H2. The fourth-order valence-corrected chi connectivity index (χ4v) is 19.7. The number of thiocarbonyl (C=S) groups is 1. The van der Waals surface area contributed by atoms with Gasteiger partial charge in [0.1, 0.15) is 29.9 Å². The highest BCUT2D eigenvalue weighted by molar-refractivity contribution is 7.80. The molecule has 0 amide bonds. The molecule has 598 valence electrons. The van der Waals surface area contributed by atoms with Crippen molar-refractivity contribution in [1.29, 1.82) is 0 Å². The van der Waals surface area contributed by atoms with Gasteiger partial charge in [0.25, 0.3) is 0 Å². The number of hydrogen-bond acceptors (Lipinski definition) is 11. The maximum Gasteiger partial charge on any atom is 0.321 e. The highest BCUT2D eigenvalue weighted by atomic mass is 35.5. The number of H-pyrrole nitrogens is 5. The molecule has 0 bridgehead atoms. The van der Waals surface area contributed by atoms with E-state index in [1.807, 2.05) is 115 Å². The molecular weight excluding hydrogens is 1530 g/mol. The molecule has 6 unspecified atom stereocenters. The Morgan fingerprint density at radius 3 is 1.59 bits per heavy atom. The number of carboxylic acid groups (broad SMARTS) is 1. The zero-order chi connectivity index (χ0) is 80.0. The second-order valence-corrected chi connectivity index (χ2v) is 33.0. The maximum absolute atomic E-state index is 11.5. The number of rotatable bonds is 12. The molecule has 22 rings (SSSR count). The van der Waals surface area contributed by atoms with Crippen molar-refractivity contribution in [2.24, 2.45) is 0 Å². The Bertz CT molecular complexity index is 6130. The Kier molecular flexibility index (Phi) is 23.2. The fraction of sp³-hybridized carbons (Fsp3) is 0.245. The van der Waals surface area contributed by atoms with Gasteiger partial charge in [0.2, 0.25) is 0 Å². The van der Waals surface area contributed by atoms with Gasteiger partial charge in [0.05, 0.1) is 57.0 Å². The number of methoxy groups -OCH3 is 2. The number of hydrogen-bond donors (Lipinski definition) is 11. The summed E-state index contributed by atoms with van der Waals surface area (Å²) in [5, 5.41) is 37.3. The summed E-state index contributed by atoms with van der Waals surface area (Å²) in [6.45, 7) is 4.47. The molecule has 6 atom stereocenters. The fourth-order valence-electron chi connectivity index (χ4n) is 18.3. The van der Waals surface area contributed by atoms with Gasteiger partial charge in [-0.2, -0.15) is 0 Å². The second-order valence-electron chi connectivity index (χ2n) is 31.2. The lowest BCUT2D eigenvalue weighted by Crippen LogP contribution is -2.49. The van der Waals surface area contributed by atoms with E-state index in [-0.39, 0.29) is 30.2 Å². The predicted molar refractivity (Wildman–Crippen MR) is 478 cm³/mol. The Labute approximate surface area is 700 Å². The highest BCUT2D eigenvalue weighted by Gasteiger charge is 2.37. The first kappa shape index (κ1) is 77.6. The average molecular weight is 1620 g/mol. The lowest BCUT2D eigenvalue weighted by Gasteiger charge is -2.39. The number of aromatic amines is 5. The molecule has 9 aromatic carbocycles. The molecule has 1 aliphatic carbocycles. The van der Waals surface area contributed by atoms with Crippen LogP contribution in [0.1, 0.15) is 151 Å². The molecule has 6 aliphatic rings. The van der Waals surface area contributed by atoms with Crippen LogP contribution in [0.15, 0.2) is 259 Å². The molecule has 118 heavy (non-hydrogen) atoms. The smallest absolute Gasteiger partial charge is 0.321 e. The molecule has 0 spiro atoms. The number of nitrogens with zero attached hydrogens (tertiary/aromatic N) is 1. The number of benzene rings is 9. The molecule has 11 N–H and O–H groups in total. The summed E-state index contributed by atoms with van der Waals surface area (Å²) in [4.78, 5) is 33.2. The van der Waals surface area contributed by atoms with Crippen LogP contribution in [0.3, 0.4) is 0 Å². The summed E-state index contributed by atoms with van der Waals surface area (Å²) in [6.07, 6.45) is 14.6. The molecule has 1 saturated carbocycles. The van der Waals surface area contributed by atoms with E-state index >= 15 is 0 Å². The number of nitrogens with one attached hydrogen (secondary N) is 10. The molecule has 20 heteroatoms. The van der Waals surface area contributed by atoms with Crippen LogP contribution in [0.4, 0.5) is 0 Å². The summed E-state index contributed by atoms with van der Waals surface area (Å²) in [5.74, 6) is 1.87. The van der Waals surface area contributed by atoms with Crippen molar-refractivity contribution in [2.75, 3.05) is 40.4 Å². The van der Waals surface area contributed by atoms with Crippen LogP contribution in [-0.2, 0) is 43.5 Å². The number of carbonyl (C=O) groups is 1. The molecule has 0 radical (unpaired) electrons. The van der Waals surface area contributed by atoms with Gasteiger partial charge in [0.15, 0.2) is 5.11 Å².